The lowest BCUT2D eigenvalue weighted by Crippen LogP contribution is -2.34. The SMILES string of the molecule is CCCN(CCO)S(=O)(=O)c1ccc(C(N)=S)cc1Cl. The van der Waals surface area contributed by atoms with Gasteiger partial charge in [-0.2, -0.15) is 4.31 Å². The molecule has 0 aliphatic rings. The molecule has 0 aliphatic heterocycles. The zero-order chi connectivity index (χ0) is 15.3. The summed E-state index contributed by atoms with van der Waals surface area (Å²) in [7, 11) is -3.74. The third kappa shape index (κ3) is 3.89. The minimum Gasteiger partial charge on any atom is -0.395 e. The predicted octanol–water partition coefficient (Wildman–Crippen LogP) is 1.37. The van der Waals surface area contributed by atoms with E-state index in [1.54, 1.807) is 0 Å². The highest BCUT2D eigenvalue weighted by atomic mass is 35.5. The van der Waals surface area contributed by atoms with Gasteiger partial charge in [0.15, 0.2) is 0 Å². The summed E-state index contributed by atoms with van der Waals surface area (Å²) in [5.41, 5.74) is 5.98. The lowest BCUT2D eigenvalue weighted by atomic mass is 10.2. The molecule has 0 unspecified atom stereocenters. The Hall–Kier alpha value is -0.730. The minimum atomic E-state index is -3.74. The van der Waals surface area contributed by atoms with Crippen LogP contribution < -0.4 is 5.73 Å². The van der Waals surface area contributed by atoms with E-state index in [-0.39, 0.29) is 28.1 Å². The van der Waals surface area contributed by atoms with E-state index in [1.165, 1.54) is 22.5 Å². The fourth-order valence-electron chi connectivity index (χ4n) is 1.72. The van der Waals surface area contributed by atoms with Crippen LogP contribution in [0, 0.1) is 0 Å². The van der Waals surface area contributed by atoms with Gasteiger partial charge in [-0.05, 0) is 18.6 Å². The topological polar surface area (TPSA) is 83.6 Å². The summed E-state index contributed by atoms with van der Waals surface area (Å²) in [4.78, 5) is 0.137. The maximum atomic E-state index is 12.5. The maximum absolute atomic E-state index is 12.5. The first-order valence-electron chi connectivity index (χ1n) is 6.05. The second-order valence-electron chi connectivity index (χ2n) is 4.14. The Morgan fingerprint density at radius 2 is 2.10 bits per heavy atom. The van der Waals surface area contributed by atoms with Gasteiger partial charge < -0.3 is 10.8 Å². The quantitative estimate of drug-likeness (QED) is 0.735. The molecular formula is C12H17ClN2O3S2. The second kappa shape index (κ2) is 7.33. The third-order valence-corrected chi connectivity index (χ3v) is 5.27. The van der Waals surface area contributed by atoms with Crippen molar-refractivity contribution < 1.29 is 13.5 Å². The molecular weight excluding hydrogens is 320 g/mol. The van der Waals surface area contributed by atoms with Crippen LogP contribution >= 0.6 is 23.8 Å². The minimum absolute atomic E-state index is 0.0129. The van der Waals surface area contributed by atoms with E-state index in [9.17, 15) is 8.42 Å². The van der Waals surface area contributed by atoms with Crippen LogP contribution in [0.5, 0.6) is 0 Å². The number of aliphatic hydroxyl groups excluding tert-OH is 1. The Kier molecular flexibility index (Phi) is 6.35. The van der Waals surface area contributed by atoms with E-state index < -0.39 is 10.0 Å². The lowest BCUT2D eigenvalue weighted by Gasteiger charge is -2.21. The maximum Gasteiger partial charge on any atom is 0.244 e. The van der Waals surface area contributed by atoms with Crippen molar-refractivity contribution in [2.24, 2.45) is 5.73 Å². The molecule has 8 heteroatoms. The number of sulfonamides is 1. The number of aliphatic hydroxyl groups is 1. The van der Waals surface area contributed by atoms with Gasteiger partial charge in [0.25, 0.3) is 0 Å². The lowest BCUT2D eigenvalue weighted by molar-refractivity contribution is 0.253. The summed E-state index contributed by atoms with van der Waals surface area (Å²) < 4.78 is 26.2. The average Bonchev–Trinajstić information content (AvgIpc) is 2.37. The highest BCUT2D eigenvalue weighted by molar-refractivity contribution is 7.89. The van der Waals surface area contributed by atoms with Gasteiger partial charge in [0.2, 0.25) is 10.0 Å². The zero-order valence-electron chi connectivity index (χ0n) is 11.0. The Morgan fingerprint density at radius 1 is 1.45 bits per heavy atom. The molecule has 112 valence electrons. The molecule has 0 saturated heterocycles. The molecule has 1 aromatic rings. The van der Waals surface area contributed by atoms with E-state index >= 15 is 0 Å². The summed E-state index contributed by atoms with van der Waals surface area (Å²) >= 11 is 10.8. The monoisotopic (exact) mass is 336 g/mol. The van der Waals surface area contributed by atoms with Gasteiger partial charge in [-0.3, -0.25) is 0 Å². The number of nitrogens with two attached hydrogens (primary N) is 1. The number of thiocarbonyl (C=S) groups is 1. The second-order valence-corrected chi connectivity index (χ2v) is 6.89. The Morgan fingerprint density at radius 3 is 2.55 bits per heavy atom. The average molecular weight is 337 g/mol. The summed E-state index contributed by atoms with van der Waals surface area (Å²) in [6, 6.07) is 4.33. The molecule has 1 aromatic carbocycles. The molecule has 1 rings (SSSR count). The molecule has 0 fully saturated rings. The van der Waals surface area contributed by atoms with E-state index in [4.69, 9.17) is 34.7 Å². The highest BCUT2D eigenvalue weighted by Gasteiger charge is 2.25. The predicted molar refractivity (Wildman–Crippen MR) is 83.5 cm³/mol. The molecule has 0 heterocycles. The van der Waals surface area contributed by atoms with Crippen molar-refractivity contribution in [2.75, 3.05) is 19.7 Å². The molecule has 0 spiro atoms. The van der Waals surface area contributed by atoms with Crippen LogP contribution in [-0.2, 0) is 10.0 Å². The Labute approximate surface area is 129 Å². The van der Waals surface area contributed by atoms with Crippen LogP contribution in [0.1, 0.15) is 18.9 Å². The molecule has 0 amide bonds. The number of hydrogen-bond acceptors (Lipinski definition) is 4. The van der Waals surface area contributed by atoms with Crippen LogP contribution in [0.4, 0.5) is 0 Å². The van der Waals surface area contributed by atoms with E-state index in [2.05, 4.69) is 0 Å². The standard InChI is InChI=1S/C12H17ClN2O3S2/c1-2-5-15(6-7-16)20(17,18)11-4-3-9(12(14)19)8-10(11)13/h3-4,8,16H,2,5-7H2,1H3,(H2,14,19). The van der Waals surface area contributed by atoms with E-state index in [1.807, 2.05) is 6.92 Å². The first-order chi connectivity index (χ1) is 9.34. The Balaban J connectivity index is 3.23. The molecule has 0 saturated carbocycles. The van der Waals surface area contributed by atoms with Crippen molar-refractivity contribution in [2.45, 2.75) is 18.2 Å². The van der Waals surface area contributed by atoms with Gasteiger partial charge in [-0.25, -0.2) is 8.42 Å². The van der Waals surface area contributed by atoms with Crippen molar-refractivity contribution in [3.05, 3.63) is 28.8 Å². The third-order valence-electron chi connectivity index (χ3n) is 2.66. The molecule has 5 nitrogen and oxygen atoms in total. The summed E-state index contributed by atoms with van der Waals surface area (Å²) in [5, 5.41) is 9.05. The first-order valence-corrected chi connectivity index (χ1v) is 8.27. The zero-order valence-corrected chi connectivity index (χ0v) is 13.4. The van der Waals surface area contributed by atoms with Crippen molar-refractivity contribution in [1.82, 2.24) is 4.31 Å². The molecule has 20 heavy (non-hydrogen) atoms. The van der Waals surface area contributed by atoms with Crippen LogP contribution in [0.25, 0.3) is 0 Å². The molecule has 0 aliphatic carbocycles. The smallest absolute Gasteiger partial charge is 0.244 e. The van der Waals surface area contributed by atoms with Crippen LogP contribution in [-0.4, -0.2) is 42.5 Å². The van der Waals surface area contributed by atoms with Crippen LogP contribution in [0.3, 0.4) is 0 Å². The van der Waals surface area contributed by atoms with Crippen LogP contribution in [0.15, 0.2) is 23.1 Å². The number of benzene rings is 1. The molecule has 0 atom stereocenters. The van der Waals surface area contributed by atoms with Gasteiger partial charge in [-0.15, -0.1) is 0 Å². The number of rotatable bonds is 7. The fourth-order valence-corrected chi connectivity index (χ4v) is 3.88. The normalized spacial score (nSPS) is 11.8. The van der Waals surface area contributed by atoms with Crippen LogP contribution in [0.2, 0.25) is 5.02 Å². The fraction of sp³-hybridized carbons (Fsp3) is 0.417. The molecule has 0 bridgehead atoms. The van der Waals surface area contributed by atoms with Gasteiger partial charge >= 0.3 is 0 Å². The highest BCUT2D eigenvalue weighted by Crippen LogP contribution is 2.26. The number of nitrogens with zero attached hydrogens (tertiary/aromatic N) is 1. The molecule has 0 aromatic heterocycles. The van der Waals surface area contributed by atoms with E-state index in [0.717, 1.165) is 0 Å². The summed E-state index contributed by atoms with van der Waals surface area (Å²) in [6.07, 6.45) is 0.641. The van der Waals surface area contributed by atoms with Gasteiger partial charge in [0.1, 0.15) is 9.88 Å². The number of hydrogen-bond donors (Lipinski definition) is 2. The summed E-state index contributed by atoms with van der Waals surface area (Å²) in [6.45, 7) is 1.96. The largest absolute Gasteiger partial charge is 0.395 e. The number of halogens is 1. The van der Waals surface area contributed by atoms with Gasteiger partial charge in [-0.1, -0.05) is 36.8 Å². The van der Waals surface area contributed by atoms with Crippen molar-refractivity contribution in [1.29, 1.82) is 0 Å². The van der Waals surface area contributed by atoms with Gasteiger partial charge in [0, 0.05) is 18.7 Å². The van der Waals surface area contributed by atoms with Crippen molar-refractivity contribution in [3.8, 4) is 0 Å². The molecule has 3 N–H and O–H groups in total. The van der Waals surface area contributed by atoms with Crippen molar-refractivity contribution in [3.63, 3.8) is 0 Å². The Bertz CT molecular complexity index is 584. The molecule has 0 radical (unpaired) electrons. The first kappa shape index (κ1) is 17.3. The van der Waals surface area contributed by atoms with Crippen molar-refractivity contribution >= 4 is 38.8 Å². The van der Waals surface area contributed by atoms with Gasteiger partial charge in [0.05, 0.1) is 11.6 Å². The van der Waals surface area contributed by atoms with E-state index in [0.29, 0.717) is 18.5 Å². The summed E-state index contributed by atoms with van der Waals surface area (Å²) in [5.74, 6) is 0.